The van der Waals surface area contributed by atoms with Crippen LogP contribution in [0, 0.1) is 0 Å². The summed E-state index contributed by atoms with van der Waals surface area (Å²) in [5, 5.41) is 2.67. The molecule has 1 rings (SSSR count). The van der Waals surface area contributed by atoms with Crippen molar-refractivity contribution in [2.24, 2.45) is 0 Å². The maximum atomic E-state index is 12.1. The highest BCUT2D eigenvalue weighted by Gasteiger charge is 2.20. The minimum absolute atomic E-state index is 0.000980. The molecule has 0 unspecified atom stereocenters. The molecule has 0 atom stereocenters. The van der Waals surface area contributed by atoms with Gasteiger partial charge in [-0.1, -0.05) is 0 Å². The normalized spacial score (nSPS) is 12.2. The van der Waals surface area contributed by atoms with Crippen LogP contribution in [0.4, 0.5) is 5.69 Å². The Kier molecular flexibility index (Phi) is 5.17. The molecule has 4 N–H and O–H groups in total. The second kappa shape index (κ2) is 6.11. The minimum atomic E-state index is -3.80. The Labute approximate surface area is 127 Å². The van der Waals surface area contributed by atoms with Crippen LogP contribution in [0.25, 0.3) is 0 Å². The minimum Gasteiger partial charge on any atom is -0.399 e. The van der Waals surface area contributed by atoms with Gasteiger partial charge in [-0.25, -0.2) is 13.1 Å². The van der Waals surface area contributed by atoms with Gasteiger partial charge in [-0.05, 0) is 54.9 Å². The fourth-order valence-corrected chi connectivity index (χ4v) is 3.41. The zero-order valence-corrected chi connectivity index (χ0v) is 13.9. The summed E-state index contributed by atoms with van der Waals surface area (Å²) in [6, 6.07) is 4.45. The fraction of sp³-hybridized carbons (Fsp3) is 0.417. The predicted octanol–water partition coefficient (Wildman–Crippen LogP) is 1.22. The number of amides is 1. The summed E-state index contributed by atoms with van der Waals surface area (Å²) in [5.41, 5.74) is 5.48. The monoisotopic (exact) mass is 363 g/mol. The molecule has 112 valence electrons. The summed E-state index contributed by atoms with van der Waals surface area (Å²) >= 11 is 3.15. The van der Waals surface area contributed by atoms with Crippen molar-refractivity contribution in [1.82, 2.24) is 10.0 Å². The SMILES string of the molecule is CC(C)(C)NC(=O)CNS(=O)(=O)c1cc(N)ccc1Br. The number of hydrogen-bond donors (Lipinski definition) is 3. The number of carbonyl (C=O) groups is 1. The number of rotatable bonds is 4. The Balaban J connectivity index is 2.81. The van der Waals surface area contributed by atoms with E-state index in [0.29, 0.717) is 10.2 Å². The molecule has 0 saturated carbocycles. The second-order valence-electron chi connectivity index (χ2n) is 5.31. The zero-order valence-electron chi connectivity index (χ0n) is 11.5. The van der Waals surface area contributed by atoms with Gasteiger partial charge in [-0.15, -0.1) is 0 Å². The van der Waals surface area contributed by atoms with Crippen molar-refractivity contribution in [3.8, 4) is 0 Å². The third-order valence-corrected chi connectivity index (χ3v) is 4.58. The molecule has 0 radical (unpaired) electrons. The van der Waals surface area contributed by atoms with E-state index >= 15 is 0 Å². The standard InChI is InChI=1S/C12H18BrN3O3S/c1-12(2,3)16-11(17)7-15-20(18,19)10-6-8(14)4-5-9(10)13/h4-6,15H,7,14H2,1-3H3,(H,16,17). The molecular weight excluding hydrogens is 346 g/mol. The number of sulfonamides is 1. The maximum Gasteiger partial charge on any atom is 0.242 e. The van der Waals surface area contributed by atoms with E-state index < -0.39 is 21.5 Å². The molecule has 0 aromatic heterocycles. The summed E-state index contributed by atoms with van der Waals surface area (Å²) < 4.78 is 26.8. The van der Waals surface area contributed by atoms with Crippen molar-refractivity contribution in [1.29, 1.82) is 0 Å². The number of nitrogens with two attached hydrogens (primary N) is 1. The number of halogens is 1. The van der Waals surface area contributed by atoms with Crippen molar-refractivity contribution < 1.29 is 13.2 Å². The number of nitrogen functional groups attached to an aromatic ring is 1. The Hall–Kier alpha value is -1.12. The number of hydrogen-bond acceptors (Lipinski definition) is 4. The second-order valence-corrected chi connectivity index (χ2v) is 7.90. The first-order chi connectivity index (χ1) is 9.01. The Morgan fingerprint density at radius 3 is 2.50 bits per heavy atom. The van der Waals surface area contributed by atoms with Gasteiger partial charge in [0.25, 0.3) is 0 Å². The summed E-state index contributed by atoms with van der Waals surface area (Å²) in [5.74, 6) is -0.402. The lowest BCUT2D eigenvalue weighted by Gasteiger charge is -2.20. The predicted molar refractivity (Wildman–Crippen MR) is 81.6 cm³/mol. The van der Waals surface area contributed by atoms with Crippen molar-refractivity contribution in [3.63, 3.8) is 0 Å². The first-order valence-corrected chi connectivity index (χ1v) is 8.14. The highest BCUT2D eigenvalue weighted by atomic mass is 79.9. The largest absolute Gasteiger partial charge is 0.399 e. The molecule has 0 spiro atoms. The van der Waals surface area contributed by atoms with E-state index in [-0.39, 0.29) is 11.4 Å². The molecule has 1 aromatic rings. The van der Waals surface area contributed by atoms with Gasteiger partial charge < -0.3 is 11.1 Å². The lowest BCUT2D eigenvalue weighted by atomic mass is 10.1. The number of benzene rings is 1. The Bertz CT molecular complexity index is 609. The van der Waals surface area contributed by atoms with E-state index in [1.165, 1.54) is 6.07 Å². The zero-order chi connectivity index (χ0) is 15.6. The third-order valence-electron chi connectivity index (χ3n) is 2.18. The fourth-order valence-electron chi connectivity index (χ4n) is 1.43. The summed E-state index contributed by atoms with van der Waals surface area (Å²) in [6.45, 7) is 5.11. The quantitative estimate of drug-likeness (QED) is 0.700. The first kappa shape index (κ1) is 16.9. The molecule has 0 aliphatic carbocycles. The van der Waals surface area contributed by atoms with Crippen LogP contribution in [0.15, 0.2) is 27.6 Å². The van der Waals surface area contributed by atoms with Crippen molar-refractivity contribution >= 4 is 37.5 Å². The molecule has 0 fully saturated rings. The lowest BCUT2D eigenvalue weighted by Crippen LogP contribution is -2.45. The number of carbonyl (C=O) groups excluding carboxylic acids is 1. The Morgan fingerprint density at radius 2 is 1.95 bits per heavy atom. The molecule has 0 heterocycles. The average molecular weight is 364 g/mol. The number of nitrogens with one attached hydrogen (secondary N) is 2. The van der Waals surface area contributed by atoms with Gasteiger partial charge >= 0.3 is 0 Å². The molecule has 0 bridgehead atoms. The van der Waals surface area contributed by atoms with E-state index in [1.807, 2.05) is 20.8 Å². The van der Waals surface area contributed by atoms with Gasteiger partial charge in [-0.2, -0.15) is 0 Å². The molecule has 1 aromatic carbocycles. The summed E-state index contributed by atoms with van der Waals surface area (Å²) in [7, 11) is -3.80. The maximum absolute atomic E-state index is 12.1. The van der Waals surface area contributed by atoms with Crippen LogP contribution in [-0.4, -0.2) is 26.4 Å². The smallest absolute Gasteiger partial charge is 0.242 e. The van der Waals surface area contributed by atoms with Crippen LogP contribution in [0.5, 0.6) is 0 Å². The van der Waals surface area contributed by atoms with Gasteiger partial charge in [0.05, 0.1) is 11.4 Å². The van der Waals surface area contributed by atoms with Crippen molar-refractivity contribution in [2.45, 2.75) is 31.2 Å². The van der Waals surface area contributed by atoms with Crippen LogP contribution in [0.2, 0.25) is 0 Å². The van der Waals surface area contributed by atoms with E-state index in [9.17, 15) is 13.2 Å². The molecule has 20 heavy (non-hydrogen) atoms. The van der Waals surface area contributed by atoms with Gasteiger partial charge in [0.15, 0.2) is 0 Å². The molecular formula is C12H18BrN3O3S. The highest BCUT2D eigenvalue weighted by Crippen LogP contribution is 2.23. The Morgan fingerprint density at radius 1 is 1.35 bits per heavy atom. The topological polar surface area (TPSA) is 101 Å². The molecule has 8 heteroatoms. The summed E-state index contributed by atoms with van der Waals surface area (Å²) in [6.07, 6.45) is 0. The highest BCUT2D eigenvalue weighted by molar-refractivity contribution is 9.10. The number of anilines is 1. The van der Waals surface area contributed by atoms with Gasteiger partial charge in [0, 0.05) is 15.7 Å². The van der Waals surface area contributed by atoms with Crippen LogP contribution >= 0.6 is 15.9 Å². The van der Waals surface area contributed by atoms with E-state index in [2.05, 4.69) is 26.0 Å². The van der Waals surface area contributed by atoms with Gasteiger partial charge in [-0.3, -0.25) is 4.79 Å². The summed E-state index contributed by atoms with van der Waals surface area (Å²) in [4.78, 5) is 11.6. The molecule has 0 aliphatic rings. The first-order valence-electron chi connectivity index (χ1n) is 5.87. The van der Waals surface area contributed by atoms with Gasteiger partial charge in [0.1, 0.15) is 0 Å². The molecule has 6 nitrogen and oxygen atoms in total. The van der Waals surface area contributed by atoms with Crippen LogP contribution in [0.1, 0.15) is 20.8 Å². The van der Waals surface area contributed by atoms with Crippen molar-refractivity contribution in [3.05, 3.63) is 22.7 Å². The van der Waals surface area contributed by atoms with Crippen molar-refractivity contribution in [2.75, 3.05) is 12.3 Å². The van der Waals surface area contributed by atoms with Crippen LogP contribution in [0.3, 0.4) is 0 Å². The van der Waals surface area contributed by atoms with E-state index in [4.69, 9.17) is 5.73 Å². The van der Waals surface area contributed by atoms with Crippen LogP contribution < -0.4 is 15.8 Å². The van der Waals surface area contributed by atoms with Crippen LogP contribution in [-0.2, 0) is 14.8 Å². The lowest BCUT2D eigenvalue weighted by molar-refractivity contribution is -0.121. The molecule has 1 amide bonds. The van der Waals surface area contributed by atoms with E-state index in [0.717, 1.165) is 0 Å². The average Bonchev–Trinajstić information content (AvgIpc) is 2.27. The van der Waals surface area contributed by atoms with Gasteiger partial charge in [0.2, 0.25) is 15.9 Å². The molecule has 0 aliphatic heterocycles. The molecule has 0 saturated heterocycles. The van der Waals surface area contributed by atoms with E-state index in [1.54, 1.807) is 12.1 Å². The third kappa shape index (κ3) is 5.10.